The first-order valence-electron chi connectivity index (χ1n) is 6.67. The highest BCUT2D eigenvalue weighted by atomic mass is 14.6. The first-order chi connectivity index (χ1) is 9.93. The van der Waals surface area contributed by atoms with Crippen LogP contribution in [0.1, 0.15) is 0 Å². The van der Waals surface area contributed by atoms with Crippen molar-refractivity contribution in [2.45, 2.75) is 0 Å². The molecule has 0 aliphatic heterocycles. The van der Waals surface area contributed by atoms with Crippen LogP contribution in [0.2, 0.25) is 0 Å². The summed E-state index contributed by atoms with van der Waals surface area (Å²) in [4.78, 5) is 4.12. The fourth-order valence-corrected chi connectivity index (χ4v) is 2.74. The number of pyridine rings is 1. The van der Waals surface area contributed by atoms with Gasteiger partial charge in [-0.3, -0.25) is 4.98 Å². The second-order valence-electron chi connectivity index (χ2n) is 4.83. The molecule has 0 amide bonds. The first kappa shape index (κ1) is 11.2. The maximum atomic E-state index is 4.12. The van der Waals surface area contributed by atoms with E-state index in [4.69, 9.17) is 0 Å². The van der Waals surface area contributed by atoms with Crippen molar-refractivity contribution < 1.29 is 0 Å². The van der Waals surface area contributed by atoms with Gasteiger partial charge in [0.25, 0.3) is 0 Å². The Labute approximate surface area is 117 Å². The summed E-state index contributed by atoms with van der Waals surface area (Å²) in [5.74, 6) is 0. The number of benzene rings is 3. The number of aromatic nitrogens is 1. The molecule has 0 atom stereocenters. The maximum Gasteiger partial charge on any atom is 0.0273 e. The zero-order valence-corrected chi connectivity index (χ0v) is 10.9. The minimum Gasteiger partial charge on any atom is -0.265 e. The van der Waals surface area contributed by atoms with Crippen molar-refractivity contribution in [3.63, 3.8) is 0 Å². The molecule has 1 radical (unpaired) electrons. The minimum atomic E-state index is 1.15. The third-order valence-electron chi connectivity index (χ3n) is 3.63. The van der Waals surface area contributed by atoms with Gasteiger partial charge in [-0.25, -0.2) is 0 Å². The van der Waals surface area contributed by atoms with Gasteiger partial charge in [0, 0.05) is 12.4 Å². The van der Waals surface area contributed by atoms with Gasteiger partial charge >= 0.3 is 0 Å². The van der Waals surface area contributed by atoms with E-state index in [1.807, 2.05) is 12.4 Å². The van der Waals surface area contributed by atoms with Crippen molar-refractivity contribution in [2.24, 2.45) is 0 Å². The number of hydrogen-bond acceptors (Lipinski definition) is 1. The molecule has 4 aromatic rings. The molecule has 0 aliphatic carbocycles. The zero-order valence-electron chi connectivity index (χ0n) is 10.9. The Morgan fingerprint density at radius 2 is 1.20 bits per heavy atom. The molecule has 0 saturated heterocycles. The van der Waals surface area contributed by atoms with Gasteiger partial charge in [-0.15, -0.1) is 0 Å². The monoisotopic (exact) mass is 254 g/mol. The van der Waals surface area contributed by atoms with Crippen molar-refractivity contribution in [2.75, 3.05) is 0 Å². The maximum absolute atomic E-state index is 4.12. The zero-order chi connectivity index (χ0) is 13.4. The molecule has 1 nitrogen and oxygen atoms in total. The van der Waals surface area contributed by atoms with E-state index >= 15 is 0 Å². The summed E-state index contributed by atoms with van der Waals surface area (Å²) in [6.45, 7) is 0. The Balaban J connectivity index is 2.24. The molecule has 1 heteroatoms. The van der Waals surface area contributed by atoms with Crippen molar-refractivity contribution in [1.29, 1.82) is 0 Å². The van der Waals surface area contributed by atoms with Gasteiger partial charge in [-0.05, 0) is 50.9 Å². The third-order valence-corrected chi connectivity index (χ3v) is 3.63. The molecule has 1 aromatic heterocycles. The van der Waals surface area contributed by atoms with E-state index in [-0.39, 0.29) is 0 Å². The molecule has 4 rings (SSSR count). The lowest BCUT2D eigenvalue weighted by atomic mass is 9.93. The van der Waals surface area contributed by atoms with Crippen LogP contribution in [0.25, 0.3) is 32.7 Å². The first-order valence-corrected chi connectivity index (χ1v) is 6.67. The molecule has 0 fully saturated rings. The number of fused-ring (bicyclic) bond motifs is 2. The van der Waals surface area contributed by atoms with Crippen LogP contribution in [0.15, 0.2) is 73.1 Å². The standard InChI is InChI=1S/C19H12N/c1-3-7-17-15(5-1)13-16-6-2-4-8-18(16)19(17)14-9-11-20-12-10-14/h1-12H. The fourth-order valence-electron chi connectivity index (χ4n) is 2.74. The van der Waals surface area contributed by atoms with Crippen LogP contribution in [-0.4, -0.2) is 4.98 Å². The molecule has 93 valence electrons. The predicted molar refractivity (Wildman–Crippen MR) is 83.5 cm³/mol. The summed E-state index contributed by atoms with van der Waals surface area (Å²) >= 11 is 0. The smallest absolute Gasteiger partial charge is 0.0273 e. The molecule has 0 aliphatic rings. The van der Waals surface area contributed by atoms with Crippen molar-refractivity contribution >= 4 is 21.5 Å². The van der Waals surface area contributed by atoms with E-state index in [2.05, 4.69) is 71.7 Å². The van der Waals surface area contributed by atoms with E-state index < -0.39 is 0 Å². The van der Waals surface area contributed by atoms with Crippen LogP contribution < -0.4 is 0 Å². The highest BCUT2D eigenvalue weighted by molar-refractivity contribution is 6.12. The third kappa shape index (κ3) is 1.68. The molecule has 0 N–H and O–H groups in total. The molecule has 0 spiro atoms. The van der Waals surface area contributed by atoms with Crippen LogP contribution >= 0.6 is 0 Å². The van der Waals surface area contributed by atoms with Crippen LogP contribution in [0.3, 0.4) is 0 Å². The van der Waals surface area contributed by atoms with Gasteiger partial charge in [0.15, 0.2) is 0 Å². The van der Waals surface area contributed by atoms with E-state index in [0.717, 1.165) is 10.8 Å². The van der Waals surface area contributed by atoms with E-state index in [0.29, 0.717) is 0 Å². The summed E-state index contributed by atoms with van der Waals surface area (Å²) in [5.41, 5.74) is 2.46. The molecular formula is C19H12N. The summed E-state index contributed by atoms with van der Waals surface area (Å²) in [6, 6.07) is 24.5. The van der Waals surface area contributed by atoms with Gasteiger partial charge in [0.05, 0.1) is 0 Å². The second-order valence-corrected chi connectivity index (χ2v) is 4.83. The van der Waals surface area contributed by atoms with E-state index in [1.165, 1.54) is 21.9 Å². The summed E-state index contributed by atoms with van der Waals surface area (Å²) in [5, 5.41) is 4.77. The molecule has 0 bridgehead atoms. The van der Waals surface area contributed by atoms with Gasteiger partial charge in [-0.2, -0.15) is 0 Å². The Hall–Kier alpha value is -2.67. The van der Waals surface area contributed by atoms with Gasteiger partial charge in [-0.1, -0.05) is 48.5 Å². The fraction of sp³-hybridized carbons (Fsp3) is 0. The highest BCUT2D eigenvalue weighted by Crippen LogP contribution is 2.35. The van der Waals surface area contributed by atoms with E-state index in [9.17, 15) is 0 Å². The summed E-state index contributed by atoms with van der Waals surface area (Å²) in [6.07, 6.45) is 3.69. The normalized spacial score (nSPS) is 11.0. The lowest BCUT2D eigenvalue weighted by Crippen LogP contribution is -1.85. The van der Waals surface area contributed by atoms with Crippen LogP contribution in [0.5, 0.6) is 0 Å². The number of rotatable bonds is 1. The lowest BCUT2D eigenvalue weighted by molar-refractivity contribution is 1.33. The number of nitrogens with zero attached hydrogens (tertiary/aromatic N) is 1. The number of hydrogen-bond donors (Lipinski definition) is 0. The molecular weight excluding hydrogens is 242 g/mol. The van der Waals surface area contributed by atoms with Crippen molar-refractivity contribution in [1.82, 2.24) is 4.98 Å². The van der Waals surface area contributed by atoms with Gasteiger partial charge < -0.3 is 0 Å². The topological polar surface area (TPSA) is 12.9 Å². The summed E-state index contributed by atoms with van der Waals surface area (Å²) < 4.78 is 0. The van der Waals surface area contributed by atoms with Crippen molar-refractivity contribution in [3.05, 3.63) is 79.1 Å². The Bertz CT molecular complexity index is 841. The van der Waals surface area contributed by atoms with Crippen LogP contribution in [-0.2, 0) is 0 Å². The molecule has 0 saturated carbocycles. The second kappa shape index (κ2) is 4.46. The van der Waals surface area contributed by atoms with Gasteiger partial charge in [0.2, 0.25) is 0 Å². The van der Waals surface area contributed by atoms with Crippen LogP contribution in [0, 0.1) is 6.07 Å². The van der Waals surface area contributed by atoms with Crippen LogP contribution in [0.4, 0.5) is 0 Å². The molecule has 0 unspecified atom stereocenters. The highest BCUT2D eigenvalue weighted by Gasteiger charge is 2.09. The van der Waals surface area contributed by atoms with Crippen molar-refractivity contribution in [3.8, 4) is 11.1 Å². The quantitative estimate of drug-likeness (QED) is 0.442. The molecule has 3 aromatic carbocycles. The average Bonchev–Trinajstić information content (AvgIpc) is 2.53. The predicted octanol–water partition coefficient (Wildman–Crippen LogP) is 4.86. The lowest BCUT2D eigenvalue weighted by Gasteiger charge is -2.11. The minimum absolute atomic E-state index is 1.15. The average molecular weight is 254 g/mol. The van der Waals surface area contributed by atoms with E-state index in [1.54, 1.807) is 0 Å². The Morgan fingerprint density at radius 1 is 0.650 bits per heavy atom. The molecule has 1 heterocycles. The SMILES string of the molecule is [c]1c2ccccc2c(-c2ccncc2)c2ccccc12. The Kier molecular flexibility index (Phi) is 2.49. The largest absolute Gasteiger partial charge is 0.265 e. The van der Waals surface area contributed by atoms with Gasteiger partial charge in [0.1, 0.15) is 0 Å². The molecule has 20 heavy (non-hydrogen) atoms. The Morgan fingerprint density at radius 3 is 1.80 bits per heavy atom. The summed E-state index contributed by atoms with van der Waals surface area (Å²) in [7, 11) is 0.